The summed E-state index contributed by atoms with van der Waals surface area (Å²) >= 11 is 0. The average Bonchev–Trinajstić information content (AvgIpc) is 3.20. The maximum atomic E-state index is 12.4. The molecule has 4 atom stereocenters. The van der Waals surface area contributed by atoms with Crippen molar-refractivity contribution in [1.29, 1.82) is 0 Å². The highest BCUT2D eigenvalue weighted by Gasteiger charge is 2.39. The molecule has 2 amide bonds. The summed E-state index contributed by atoms with van der Waals surface area (Å²) in [5, 5.41) is 6.05. The van der Waals surface area contributed by atoms with Gasteiger partial charge < -0.3 is 24.8 Å². The Morgan fingerprint density at radius 2 is 2.14 bits per heavy atom. The van der Waals surface area contributed by atoms with Crippen LogP contribution in [0.1, 0.15) is 37.7 Å². The van der Waals surface area contributed by atoms with E-state index in [1.54, 1.807) is 13.2 Å². The molecule has 7 heteroatoms. The Morgan fingerprint density at radius 3 is 3.00 bits per heavy atom. The van der Waals surface area contributed by atoms with E-state index in [2.05, 4.69) is 10.6 Å². The number of nitrogens with one attached hydrogen (secondary N) is 2. The number of piperidine rings is 1. The first-order valence-corrected chi connectivity index (χ1v) is 10.3. The van der Waals surface area contributed by atoms with E-state index in [9.17, 15) is 9.59 Å². The van der Waals surface area contributed by atoms with Gasteiger partial charge in [0.05, 0.1) is 6.10 Å². The smallest absolute Gasteiger partial charge is 0.243 e. The van der Waals surface area contributed by atoms with Gasteiger partial charge >= 0.3 is 0 Å². The minimum Gasteiger partial charge on any atom is -0.454 e. The van der Waals surface area contributed by atoms with Crippen LogP contribution >= 0.6 is 0 Å². The summed E-state index contributed by atoms with van der Waals surface area (Å²) in [5.74, 6) is 1.83. The molecule has 1 saturated heterocycles. The average molecular weight is 400 g/mol. The van der Waals surface area contributed by atoms with Crippen LogP contribution in [0.2, 0.25) is 0 Å². The first kappa shape index (κ1) is 19.8. The van der Waals surface area contributed by atoms with Gasteiger partial charge in [-0.15, -0.1) is 0 Å². The van der Waals surface area contributed by atoms with Crippen molar-refractivity contribution in [3.05, 3.63) is 29.8 Å². The first-order chi connectivity index (χ1) is 14.1. The maximum absolute atomic E-state index is 12.4. The van der Waals surface area contributed by atoms with Gasteiger partial charge in [-0.25, -0.2) is 0 Å². The van der Waals surface area contributed by atoms with E-state index in [0.29, 0.717) is 24.6 Å². The Morgan fingerprint density at radius 1 is 1.28 bits per heavy atom. The van der Waals surface area contributed by atoms with Gasteiger partial charge in [-0.05, 0) is 61.8 Å². The molecule has 29 heavy (non-hydrogen) atoms. The maximum Gasteiger partial charge on any atom is 0.243 e. The lowest BCUT2D eigenvalue weighted by Crippen LogP contribution is -2.53. The largest absolute Gasteiger partial charge is 0.454 e. The molecule has 3 aliphatic rings. The Labute approximate surface area is 170 Å². The van der Waals surface area contributed by atoms with Crippen LogP contribution in [-0.4, -0.2) is 44.4 Å². The van der Waals surface area contributed by atoms with Crippen LogP contribution in [0.4, 0.5) is 0 Å². The van der Waals surface area contributed by atoms with Gasteiger partial charge in [-0.2, -0.15) is 0 Å². The number of fused-ring (bicyclic) bond motifs is 2. The highest BCUT2D eigenvalue weighted by Crippen LogP contribution is 2.35. The lowest BCUT2D eigenvalue weighted by atomic mass is 9.74. The van der Waals surface area contributed by atoms with Crippen LogP contribution in [0, 0.1) is 11.8 Å². The number of rotatable bonds is 6. The predicted molar refractivity (Wildman–Crippen MR) is 107 cm³/mol. The Balaban J connectivity index is 1.22. The zero-order chi connectivity index (χ0) is 20.2. The third-order valence-electron chi connectivity index (χ3n) is 6.18. The molecule has 1 aliphatic carbocycles. The summed E-state index contributed by atoms with van der Waals surface area (Å²) in [6.45, 7) is 0.715. The molecular weight excluding hydrogens is 372 g/mol. The van der Waals surface area contributed by atoms with E-state index in [0.717, 1.165) is 37.0 Å². The van der Waals surface area contributed by atoms with Crippen molar-refractivity contribution in [3.8, 4) is 11.5 Å². The number of methoxy groups -OCH3 is 1. The van der Waals surface area contributed by atoms with Gasteiger partial charge in [0.2, 0.25) is 18.6 Å². The molecule has 4 rings (SSSR count). The monoisotopic (exact) mass is 400 g/mol. The number of carbonyl (C=O) groups is 2. The third kappa shape index (κ3) is 4.72. The lowest BCUT2D eigenvalue weighted by Gasteiger charge is -2.41. The van der Waals surface area contributed by atoms with Crippen molar-refractivity contribution in [2.75, 3.05) is 20.4 Å². The number of ether oxygens (including phenoxy) is 3. The second-order valence-corrected chi connectivity index (χ2v) is 8.00. The molecule has 0 aromatic heterocycles. The minimum atomic E-state index is -0.169. The van der Waals surface area contributed by atoms with Crippen LogP contribution in [0.15, 0.2) is 24.3 Å². The fourth-order valence-electron chi connectivity index (χ4n) is 4.51. The molecule has 2 aliphatic heterocycles. The molecule has 2 fully saturated rings. The summed E-state index contributed by atoms with van der Waals surface area (Å²) in [7, 11) is 1.74. The molecule has 2 N–H and O–H groups in total. The molecule has 0 radical (unpaired) electrons. The van der Waals surface area contributed by atoms with Crippen LogP contribution in [0.5, 0.6) is 11.5 Å². The molecule has 0 spiro atoms. The van der Waals surface area contributed by atoms with Gasteiger partial charge in [0.1, 0.15) is 0 Å². The second kappa shape index (κ2) is 8.86. The molecular formula is C22H28N2O5. The van der Waals surface area contributed by atoms with E-state index in [4.69, 9.17) is 14.2 Å². The van der Waals surface area contributed by atoms with Crippen molar-refractivity contribution in [2.45, 2.75) is 44.2 Å². The Bertz CT molecular complexity index is 793. The van der Waals surface area contributed by atoms with Gasteiger partial charge in [0.25, 0.3) is 0 Å². The van der Waals surface area contributed by atoms with E-state index < -0.39 is 0 Å². The van der Waals surface area contributed by atoms with Crippen LogP contribution in [0.25, 0.3) is 6.08 Å². The van der Waals surface area contributed by atoms with Gasteiger partial charge in [0.15, 0.2) is 11.5 Å². The van der Waals surface area contributed by atoms with E-state index in [-0.39, 0.29) is 36.7 Å². The number of carbonyl (C=O) groups excluding carboxylic acids is 2. The molecule has 7 nitrogen and oxygen atoms in total. The highest BCUT2D eigenvalue weighted by molar-refractivity contribution is 5.91. The number of hydrogen-bond donors (Lipinski definition) is 2. The van der Waals surface area contributed by atoms with Crippen LogP contribution in [-0.2, 0) is 14.3 Å². The van der Waals surface area contributed by atoms with Crippen molar-refractivity contribution in [3.63, 3.8) is 0 Å². The first-order valence-electron chi connectivity index (χ1n) is 10.3. The van der Waals surface area contributed by atoms with Crippen LogP contribution in [0.3, 0.4) is 0 Å². The Hall–Kier alpha value is -2.54. The van der Waals surface area contributed by atoms with E-state index in [1.807, 2.05) is 18.2 Å². The standard InChI is InChI=1S/C22H28N2O5/c1-27-17-5-4-15-11-16(22(26)24-18(15)12-17)8-9-23-21(25)7-3-14-2-6-19-20(10-14)29-13-28-19/h2-3,6-7,10,15-18H,4-5,8-9,11-13H2,1H3,(H,23,25)(H,24,26)/b7-3+. The zero-order valence-electron chi connectivity index (χ0n) is 16.7. The highest BCUT2D eigenvalue weighted by atomic mass is 16.7. The van der Waals surface area contributed by atoms with Crippen molar-refractivity contribution >= 4 is 17.9 Å². The molecule has 4 unspecified atom stereocenters. The summed E-state index contributed by atoms with van der Waals surface area (Å²) in [6.07, 6.45) is 8.10. The van der Waals surface area contributed by atoms with Crippen molar-refractivity contribution in [1.82, 2.24) is 10.6 Å². The number of amides is 2. The normalized spacial score (nSPS) is 28.1. The molecule has 1 aromatic rings. The summed E-state index contributed by atoms with van der Waals surface area (Å²) in [4.78, 5) is 24.5. The SMILES string of the molecule is COC1CCC2CC(CCNC(=O)/C=C/c3ccc4c(c3)OCO4)C(=O)NC2C1. The van der Waals surface area contributed by atoms with Crippen molar-refractivity contribution < 1.29 is 23.8 Å². The molecule has 2 heterocycles. The predicted octanol–water partition coefficient (Wildman–Crippen LogP) is 2.25. The zero-order valence-corrected chi connectivity index (χ0v) is 16.7. The Kier molecular flexibility index (Phi) is 6.04. The van der Waals surface area contributed by atoms with Gasteiger partial charge in [-0.1, -0.05) is 6.07 Å². The molecule has 156 valence electrons. The van der Waals surface area contributed by atoms with Gasteiger partial charge in [-0.3, -0.25) is 9.59 Å². The third-order valence-corrected chi connectivity index (χ3v) is 6.18. The molecule has 1 aromatic carbocycles. The fraction of sp³-hybridized carbons (Fsp3) is 0.545. The van der Waals surface area contributed by atoms with E-state index >= 15 is 0 Å². The fourth-order valence-corrected chi connectivity index (χ4v) is 4.51. The molecule has 1 saturated carbocycles. The summed E-state index contributed by atoms with van der Waals surface area (Å²) in [6, 6.07) is 5.78. The quantitative estimate of drug-likeness (QED) is 0.716. The minimum absolute atomic E-state index is 0.0338. The van der Waals surface area contributed by atoms with Gasteiger partial charge in [0, 0.05) is 31.7 Å². The summed E-state index contributed by atoms with van der Waals surface area (Å²) in [5.41, 5.74) is 0.869. The molecule has 0 bridgehead atoms. The van der Waals surface area contributed by atoms with E-state index in [1.165, 1.54) is 6.08 Å². The lowest BCUT2D eigenvalue weighted by molar-refractivity contribution is -0.131. The topological polar surface area (TPSA) is 85.9 Å². The van der Waals surface area contributed by atoms with Crippen LogP contribution < -0.4 is 20.1 Å². The number of hydrogen-bond acceptors (Lipinski definition) is 5. The number of benzene rings is 1. The summed E-state index contributed by atoms with van der Waals surface area (Å²) < 4.78 is 16.1. The second-order valence-electron chi connectivity index (χ2n) is 8.00. The van der Waals surface area contributed by atoms with Crippen molar-refractivity contribution in [2.24, 2.45) is 11.8 Å².